The highest BCUT2D eigenvalue weighted by atomic mass is 16.6. The molecule has 3 rings (SSSR count). The van der Waals surface area contributed by atoms with Crippen molar-refractivity contribution >= 4 is 5.97 Å². The highest BCUT2D eigenvalue weighted by molar-refractivity contribution is 5.78. The molecule has 0 radical (unpaired) electrons. The third-order valence-electron chi connectivity index (χ3n) is 4.66. The minimum Gasteiger partial charge on any atom is -0.458 e. The molecule has 0 aliphatic heterocycles. The summed E-state index contributed by atoms with van der Waals surface area (Å²) >= 11 is 0. The summed E-state index contributed by atoms with van der Waals surface area (Å²) in [4.78, 5) is 12.3. The molecule has 0 spiro atoms. The molecule has 3 heteroatoms. The number of esters is 1. The predicted molar refractivity (Wildman–Crippen MR) is 74.9 cm³/mol. The Bertz CT molecular complexity index is 569. The predicted octanol–water partition coefficient (Wildman–Crippen LogP) is 3.48. The van der Waals surface area contributed by atoms with Crippen LogP contribution in [0.15, 0.2) is 24.3 Å². The molecular weight excluding hydrogens is 250 g/mol. The molecular formula is C17H19NO2. The van der Waals surface area contributed by atoms with Crippen molar-refractivity contribution in [1.82, 2.24) is 0 Å². The Morgan fingerprint density at radius 1 is 1.45 bits per heavy atom. The van der Waals surface area contributed by atoms with Crippen LogP contribution in [0.2, 0.25) is 0 Å². The van der Waals surface area contributed by atoms with Crippen LogP contribution in [0.5, 0.6) is 0 Å². The van der Waals surface area contributed by atoms with Crippen LogP contribution in [0.4, 0.5) is 0 Å². The fourth-order valence-corrected chi connectivity index (χ4v) is 3.12. The number of ether oxygens (including phenoxy) is 1. The van der Waals surface area contributed by atoms with Gasteiger partial charge in [0.05, 0.1) is 18.4 Å². The first-order chi connectivity index (χ1) is 9.65. The van der Waals surface area contributed by atoms with E-state index in [1.54, 1.807) is 0 Å². The number of aryl methyl sites for hydroxylation is 1. The van der Waals surface area contributed by atoms with Gasteiger partial charge in [-0.05, 0) is 49.7 Å². The Kier molecular flexibility index (Phi) is 3.25. The largest absolute Gasteiger partial charge is 0.458 e. The average molecular weight is 269 g/mol. The molecule has 2 unspecified atom stereocenters. The van der Waals surface area contributed by atoms with Crippen LogP contribution in [0.3, 0.4) is 0 Å². The van der Waals surface area contributed by atoms with Gasteiger partial charge in [-0.1, -0.05) is 24.3 Å². The fraction of sp³-hybridized carbons (Fsp3) is 0.529. The minimum absolute atomic E-state index is 0.00716. The number of carbonyl (C=O) groups is 1. The van der Waals surface area contributed by atoms with Gasteiger partial charge in [0, 0.05) is 0 Å². The van der Waals surface area contributed by atoms with Gasteiger partial charge >= 0.3 is 5.97 Å². The van der Waals surface area contributed by atoms with Gasteiger partial charge in [0.1, 0.15) is 5.60 Å². The highest BCUT2D eigenvalue weighted by Crippen LogP contribution is 2.50. The zero-order chi connectivity index (χ0) is 14.2. The molecule has 0 aromatic heterocycles. The van der Waals surface area contributed by atoms with Crippen molar-refractivity contribution in [3.8, 4) is 6.07 Å². The van der Waals surface area contributed by atoms with Crippen molar-refractivity contribution in [2.24, 2.45) is 5.92 Å². The van der Waals surface area contributed by atoms with E-state index in [-0.39, 0.29) is 11.9 Å². The molecule has 1 aromatic rings. The van der Waals surface area contributed by atoms with Crippen molar-refractivity contribution in [2.75, 3.05) is 0 Å². The topological polar surface area (TPSA) is 50.1 Å². The Labute approximate surface area is 119 Å². The lowest BCUT2D eigenvalue weighted by Crippen LogP contribution is -2.42. The highest BCUT2D eigenvalue weighted by Gasteiger charge is 2.49. The van der Waals surface area contributed by atoms with Gasteiger partial charge in [0.2, 0.25) is 0 Å². The van der Waals surface area contributed by atoms with E-state index in [9.17, 15) is 4.79 Å². The Balaban J connectivity index is 1.64. The maximum atomic E-state index is 12.3. The maximum absolute atomic E-state index is 12.3. The third kappa shape index (κ3) is 2.31. The number of nitriles is 1. The van der Waals surface area contributed by atoms with Crippen molar-refractivity contribution < 1.29 is 9.53 Å². The summed E-state index contributed by atoms with van der Waals surface area (Å²) in [7, 11) is 0. The van der Waals surface area contributed by atoms with E-state index in [0.717, 1.165) is 25.7 Å². The van der Waals surface area contributed by atoms with Gasteiger partial charge in [0.15, 0.2) is 0 Å². The SMILES string of the molecule is Cc1ccccc1C1CC1C(=O)OC1(CC#N)CCC1. The molecule has 2 atom stereocenters. The first kappa shape index (κ1) is 13.2. The van der Waals surface area contributed by atoms with Gasteiger partial charge in [-0.25, -0.2) is 0 Å². The van der Waals surface area contributed by atoms with Gasteiger partial charge < -0.3 is 4.74 Å². The lowest BCUT2D eigenvalue weighted by molar-refractivity contribution is -0.170. The molecule has 1 aromatic carbocycles. The normalized spacial score (nSPS) is 26.2. The molecule has 20 heavy (non-hydrogen) atoms. The van der Waals surface area contributed by atoms with Gasteiger partial charge in [-0.2, -0.15) is 5.26 Å². The number of nitrogens with zero attached hydrogens (tertiary/aromatic N) is 1. The van der Waals surface area contributed by atoms with Crippen LogP contribution < -0.4 is 0 Å². The zero-order valence-electron chi connectivity index (χ0n) is 11.8. The van der Waals surface area contributed by atoms with Gasteiger partial charge in [0.25, 0.3) is 0 Å². The molecule has 3 nitrogen and oxygen atoms in total. The van der Waals surface area contributed by atoms with E-state index in [1.807, 2.05) is 12.1 Å². The first-order valence-corrected chi connectivity index (χ1v) is 7.30. The number of rotatable bonds is 4. The average Bonchev–Trinajstić information content (AvgIpc) is 3.17. The lowest BCUT2D eigenvalue weighted by atomic mass is 9.78. The molecule has 0 N–H and O–H groups in total. The monoisotopic (exact) mass is 269 g/mol. The number of hydrogen-bond acceptors (Lipinski definition) is 3. The molecule has 2 fully saturated rings. The molecule has 2 saturated carbocycles. The van der Waals surface area contributed by atoms with E-state index >= 15 is 0 Å². The molecule has 0 saturated heterocycles. The van der Waals surface area contributed by atoms with Crippen LogP contribution >= 0.6 is 0 Å². The van der Waals surface area contributed by atoms with E-state index in [0.29, 0.717) is 12.3 Å². The van der Waals surface area contributed by atoms with E-state index in [4.69, 9.17) is 10.00 Å². The zero-order valence-corrected chi connectivity index (χ0v) is 11.8. The molecule has 0 bridgehead atoms. The number of benzene rings is 1. The Morgan fingerprint density at radius 2 is 2.20 bits per heavy atom. The maximum Gasteiger partial charge on any atom is 0.310 e. The molecule has 0 heterocycles. The summed E-state index contributed by atoms with van der Waals surface area (Å²) in [6.45, 7) is 2.08. The summed E-state index contributed by atoms with van der Waals surface area (Å²) in [5, 5.41) is 8.86. The van der Waals surface area contributed by atoms with Crippen molar-refractivity contribution in [1.29, 1.82) is 5.26 Å². The second-order valence-electron chi connectivity index (χ2n) is 6.10. The minimum atomic E-state index is -0.468. The summed E-state index contributed by atoms with van der Waals surface area (Å²) in [5.74, 6) is 0.198. The summed E-state index contributed by atoms with van der Waals surface area (Å²) < 4.78 is 5.67. The lowest BCUT2D eigenvalue weighted by Gasteiger charge is -2.39. The molecule has 2 aliphatic rings. The van der Waals surface area contributed by atoms with Crippen molar-refractivity contribution in [2.45, 2.75) is 50.5 Å². The van der Waals surface area contributed by atoms with E-state index in [1.165, 1.54) is 11.1 Å². The first-order valence-electron chi connectivity index (χ1n) is 7.30. The van der Waals surface area contributed by atoms with Crippen LogP contribution in [0.25, 0.3) is 0 Å². The van der Waals surface area contributed by atoms with Crippen molar-refractivity contribution in [3.63, 3.8) is 0 Å². The second-order valence-corrected chi connectivity index (χ2v) is 6.10. The van der Waals surface area contributed by atoms with Crippen LogP contribution in [0.1, 0.15) is 49.1 Å². The quantitative estimate of drug-likeness (QED) is 0.786. The van der Waals surface area contributed by atoms with Crippen LogP contribution in [-0.2, 0) is 9.53 Å². The Hall–Kier alpha value is -1.82. The van der Waals surface area contributed by atoms with Gasteiger partial charge in [-0.15, -0.1) is 0 Å². The summed E-state index contributed by atoms with van der Waals surface area (Å²) in [6.07, 6.45) is 3.95. The van der Waals surface area contributed by atoms with Crippen molar-refractivity contribution in [3.05, 3.63) is 35.4 Å². The molecule has 0 amide bonds. The van der Waals surface area contributed by atoms with Crippen LogP contribution in [0, 0.1) is 24.2 Å². The standard InChI is InChI=1S/C17H19NO2/c1-12-5-2-3-6-13(12)14-11-15(14)16(19)20-17(9-10-18)7-4-8-17/h2-3,5-6,14-15H,4,7-9,11H2,1H3. The van der Waals surface area contributed by atoms with E-state index in [2.05, 4.69) is 25.1 Å². The fourth-order valence-electron chi connectivity index (χ4n) is 3.12. The third-order valence-corrected chi connectivity index (χ3v) is 4.66. The summed E-state index contributed by atoms with van der Waals surface area (Å²) in [5.41, 5.74) is 2.03. The molecule has 104 valence electrons. The van der Waals surface area contributed by atoms with E-state index < -0.39 is 5.60 Å². The second kappa shape index (κ2) is 4.94. The number of hydrogen-bond donors (Lipinski definition) is 0. The van der Waals surface area contributed by atoms with Gasteiger partial charge in [-0.3, -0.25) is 4.79 Å². The number of carbonyl (C=O) groups excluding carboxylic acids is 1. The van der Waals surface area contributed by atoms with Crippen LogP contribution in [-0.4, -0.2) is 11.6 Å². The smallest absolute Gasteiger partial charge is 0.310 e. The molecule has 2 aliphatic carbocycles. The summed E-state index contributed by atoms with van der Waals surface area (Å²) in [6, 6.07) is 10.4. The Morgan fingerprint density at radius 3 is 2.80 bits per heavy atom.